The zero-order valence-corrected chi connectivity index (χ0v) is 18.1. The third-order valence-corrected chi connectivity index (χ3v) is 5.82. The van der Waals surface area contributed by atoms with Gasteiger partial charge < -0.3 is 15.4 Å². The van der Waals surface area contributed by atoms with Crippen molar-refractivity contribution in [1.82, 2.24) is 10.6 Å². The predicted molar refractivity (Wildman–Crippen MR) is 116 cm³/mol. The molecule has 3 rings (SSSR count). The number of nitrogens with zero attached hydrogens (tertiary/aromatic N) is 2. The zero-order chi connectivity index (χ0) is 21.8. The summed E-state index contributed by atoms with van der Waals surface area (Å²) < 4.78 is 5.43. The smallest absolute Gasteiger partial charge is 0.261 e. The average molecular weight is 449 g/mol. The number of ether oxygens (including phenoxy) is 1. The van der Waals surface area contributed by atoms with E-state index in [4.69, 9.17) is 4.74 Å². The minimum atomic E-state index is -1.34. The van der Waals surface area contributed by atoms with Gasteiger partial charge in [-0.3, -0.25) is 19.2 Å². The van der Waals surface area contributed by atoms with E-state index in [-0.39, 0.29) is 10.3 Å². The maximum Gasteiger partial charge on any atom is 0.261 e. The lowest BCUT2D eigenvalue weighted by Gasteiger charge is -2.32. The van der Waals surface area contributed by atoms with Crippen molar-refractivity contribution in [2.45, 2.75) is 12.8 Å². The maximum atomic E-state index is 12.8. The minimum Gasteiger partial charge on any atom is -0.494 e. The molecule has 0 aliphatic carbocycles. The van der Waals surface area contributed by atoms with Gasteiger partial charge in [-0.1, -0.05) is 35.7 Å². The van der Waals surface area contributed by atoms with E-state index in [9.17, 15) is 19.2 Å². The number of aliphatic imine (C=N–C) groups is 2. The van der Waals surface area contributed by atoms with Crippen molar-refractivity contribution in [1.29, 1.82) is 0 Å². The van der Waals surface area contributed by atoms with Crippen LogP contribution in [0.5, 0.6) is 5.75 Å². The third-order valence-electron chi connectivity index (χ3n) is 4.66. The Morgan fingerprint density at radius 2 is 1.37 bits per heavy atom. The molecule has 158 valence electrons. The number of carbonyl (C=O) groups is 4. The van der Waals surface area contributed by atoms with Crippen LogP contribution in [0.3, 0.4) is 0 Å². The normalized spacial score (nSPS) is 22.6. The van der Waals surface area contributed by atoms with Crippen molar-refractivity contribution in [3.05, 3.63) is 29.8 Å². The summed E-state index contributed by atoms with van der Waals surface area (Å²) >= 11 is 2.24. The summed E-state index contributed by atoms with van der Waals surface area (Å²) in [5.74, 6) is -5.81. The van der Waals surface area contributed by atoms with E-state index in [1.54, 1.807) is 36.8 Å². The van der Waals surface area contributed by atoms with Crippen molar-refractivity contribution in [3.63, 3.8) is 0 Å². The standard InChI is InChI=1S/C19H20N4O5S2/c1-4-28-10-7-5-9(6-8-10)11(12-14(24)20-18(29-2)21-15(12)25)13-16(26)22-19(30-3)23-17(13)27/h5-8,11-13H,4H2,1-3H3,(H,20,21,24,25)(H,22,23,26,27). The molecule has 2 unspecified atom stereocenters. The van der Waals surface area contributed by atoms with Crippen LogP contribution in [-0.4, -0.2) is 53.1 Å². The number of benzene rings is 1. The lowest BCUT2D eigenvalue weighted by atomic mass is 9.74. The van der Waals surface area contributed by atoms with Crippen molar-refractivity contribution in [3.8, 4) is 5.75 Å². The Kier molecular flexibility index (Phi) is 6.93. The molecule has 2 aliphatic rings. The first kappa shape index (κ1) is 22.0. The van der Waals surface area contributed by atoms with Crippen molar-refractivity contribution in [2.75, 3.05) is 19.1 Å². The Bertz CT molecular complexity index is 893. The van der Waals surface area contributed by atoms with Crippen molar-refractivity contribution >= 4 is 57.5 Å². The second kappa shape index (κ2) is 9.43. The monoisotopic (exact) mass is 448 g/mol. The van der Waals surface area contributed by atoms with Gasteiger partial charge in [0.25, 0.3) is 11.8 Å². The number of nitrogens with one attached hydrogen (secondary N) is 2. The Hall–Kier alpha value is -2.66. The highest BCUT2D eigenvalue weighted by molar-refractivity contribution is 8.13. The van der Waals surface area contributed by atoms with E-state index in [2.05, 4.69) is 20.6 Å². The molecule has 1 aromatic rings. The first-order valence-corrected chi connectivity index (χ1v) is 11.5. The topological polar surface area (TPSA) is 126 Å². The third kappa shape index (κ3) is 4.41. The molecule has 0 saturated heterocycles. The van der Waals surface area contributed by atoms with Crippen LogP contribution in [0, 0.1) is 11.8 Å². The van der Waals surface area contributed by atoms with Crippen LogP contribution in [0.1, 0.15) is 18.4 Å². The summed E-state index contributed by atoms with van der Waals surface area (Å²) in [7, 11) is 0. The first-order chi connectivity index (χ1) is 14.4. The molecule has 2 N–H and O–H groups in total. The summed E-state index contributed by atoms with van der Waals surface area (Å²) in [5, 5.41) is 5.48. The molecule has 0 saturated carbocycles. The number of thioether (sulfide) groups is 2. The fraction of sp³-hybridized carbons (Fsp3) is 0.368. The molecule has 2 aliphatic heterocycles. The van der Waals surface area contributed by atoms with Crippen LogP contribution in [0.15, 0.2) is 34.3 Å². The molecule has 0 aromatic heterocycles. The lowest BCUT2D eigenvalue weighted by molar-refractivity contribution is -0.139. The van der Waals surface area contributed by atoms with Crippen molar-refractivity contribution in [2.24, 2.45) is 21.8 Å². The second-order valence-corrected chi connectivity index (χ2v) is 7.97. The van der Waals surface area contributed by atoms with Gasteiger partial charge in [0, 0.05) is 5.92 Å². The summed E-state index contributed by atoms with van der Waals surface area (Å²) in [6.45, 7) is 2.31. The summed E-state index contributed by atoms with van der Waals surface area (Å²) in [6.07, 6.45) is 3.35. The second-order valence-electron chi connectivity index (χ2n) is 6.38. The fourth-order valence-electron chi connectivity index (χ4n) is 3.34. The van der Waals surface area contributed by atoms with Gasteiger partial charge in [0.1, 0.15) is 17.6 Å². The summed E-state index contributed by atoms with van der Waals surface area (Å²) in [6, 6.07) is 6.60. The molecule has 0 fully saturated rings. The zero-order valence-electron chi connectivity index (χ0n) is 16.5. The summed E-state index contributed by atoms with van der Waals surface area (Å²) in [4.78, 5) is 58.9. The number of rotatable bonds is 5. The van der Waals surface area contributed by atoms with E-state index in [0.717, 1.165) is 23.5 Å². The van der Waals surface area contributed by atoms with Crippen molar-refractivity contribution < 1.29 is 23.9 Å². The van der Waals surface area contributed by atoms with Gasteiger partial charge in [0.05, 0.1) is 6.61 Å². The molecule has 11 heteroatoms. The number of amides is 4. The maximum absolute atomic E-state index is 12.8. The molecule has 1 aromatic carbocycles. The number of hydrogen-bond donors (Lipinski definition) is 2. The Morgan fingerprint density at radius 3 is 1.73 bits per heavy atom. The molecule has 2 atom stereocenters. The Labute approximate surface area is 181 Å². The minimum absolute atomic E-state index is 0.175. The van der Waals surface area contributed by atoms with Gasteiger partial charge in [0.2, 0.25) is 11.8 Å². The van der Waals surface area contributed by atoms with E-state index < -0.39 is 41.4 Å². The average Bonchev–Trinajstić information content (AvgIpc) is 2.72. The van der Waals surface area contributed by atoms with Crippen LogP contribution in [-0.2, 0) is 19.2 Å². The molecule has 0 bridgehead atoms. The first-order valence-electron chi connectivity index (χ1n) is 9.07. The van der Waals surface area contributed by atoms with Gasteiger partial charge in [-0.25, -0.2) is 0 Å². The number of carbonyl (C=O) groups excluding carboxylic acids is 4. The molecule has 9 nitrogen and oxygen atoms in total. The molecule has 0 radical (unpaired) electrons. The van der Waals surface area contributed by atoms with Crippen LogP contribution in [0.2, 0.25) is 0 Å². The Morgan fingerprint density at radius 1 is 0.900 bits per heavy atom. The Balaban J connectivity index is 2.08. The van der Waals surface area contributed by atoms with Crippen LogP contribution >= 0.6 is 23.5 Å². The molecule has 2 heterocycles. The van der Waals surface area contributed by atoms with Gasteiger partial charge in [-0.15, -0.1) is 0 Å². The van der Waals surface area contributed by atoms with Gasteiger partial charge in [-0.2, -0.15) is 9.98 Å². The number of hydrogen-bond acceptors (Lipinski definition) is 7. The van der Waals surface area contributed by atoms with E-state index in [1.807, 2.05) is 6.92 Å². The van der Waals surface area contributed by atoms with Crippen LogP contribution in [0.25, 0.3) is 0 Å². The molecule has 4 amide bonds. The van der Waals surface area contributed by atoms with Gasteiger partial charge in [-0.05, 0) is 37.1 Å². The van der Waals surface area contributed by atoms with Gasteiger partial charge in [0.15, 0.2) is 10.3 Å². The molecule has 30 heavy (non-hydrogen) atoms. The molecular weight excluding hydrogens is 428 g/mol. The highest BCUT2D eigenvalue weighted by atomic mass is 32.2. The quantitative estimate of drug-likeness (QED) is 0.647. The van der Waals surface area contributed by atoms with Crippen LogP contribution < -0.4 is 15.4 Å². The summed E-state index contributed by atoms with van der Waals surface area (Å²) in [5.41, 5.74) is 0.464. The highest BCUT2D eigenvalue weighted by Crippen LogP contribution is 2.38. The molecule has 0 spiro atoms. The van der Waals surface area contributed by atoms with E-state index in [1.165, 1.54) is 0 Å². The lowest BCUT2D eigenvalue weighted by Crippen LogP contribution is -2.52. The van der Waals surface area contributed by atoms with Gasteiger partial charge >= 0.3 is 0 Å². The largest absolute Gasteiger partial charge is 0.494 e. The highest BCUT2D eigenvalue weighted by Gasteiger charge is 2.49. The van der Waals surface area contributed by atoms with E-state index >= 15 is 0 Å². The SMILES string of the molecule is CCOc1ccc(C(C2C(=O)N=C(SC)NC2=O)C2C(=O)N=C(SC)NC2=O)cc1. The number of amidine groups is 2. The molecular formula is C19H20N4O5S2. The van der Waals surface area contributed by atoms with Crippen LogP contribution in [0.4, 0.5) is 0 Å². The fourth-order valence-corrected chi connectivity index (χ4v) is 4.11. The van der Waals surface area contributed by atoms with E-state index in [0.29, 0.717) is 17.9 Å². The predicted octanol–water partition coefficient (Wildman–Crippen LogP) is 1.15.